The highest BCUT2D eigenvalue weighted by molar-refractivity contribution is 5.42. The average molecular weight is 331 g/mol. The molecule has 0 aliphatic heterocycles. The molecule has 1 atom stereocenters. The third-order valence-corrected chi connectivity index (χ3v) is 3.40. The van der Waals surface area contributed by atoms with Crippen LogP contribution >= 0.6 is 0 Å². The van der Waals surface area contributed by atoms with E-state index in [2.05, 4.69) is 25.1 Å². The van der Waals surface area contributed by atoms with Crippen molar-refractivity contribution in [3.05, 3.63) is 60.8 Å². The van der Waals surface area contributed by atoms with Crippen LogP contribution in [0.5, 0.6) is 5.75 Å². The number of rotatable bonds is 6. The molecule has 0 fully saturated rings. The van der Waals surface area contributed by atoms with E-state index < -0.39 is 6.61 Å². The van der Waals surface area contributed by atoms with Crippen LogP contribution in [0.25, 0.3) is 5.69 Å². The smallest absolute Gasteiger partial charge is 0.387 e. The van der Waals surface area contributed by atoms with Gasteiger partial charge in [0.15, 0.2) is 0 Å². The normalized spacial score (nSPS) is 12.2. The minimum absolute atomic E-state index is 0.0100. The third-order valence-electron chi connectivity index (χ3n) is 3.40. The molecule has 1 aromatic carbocycles. The number of hydrogen-bond acceptors (Lipinski definition) is 5. The Morgan fingerprint density at radius 2 is 1.92 bits per heavy atom. The second kappa shape index (κ2) is 7.03. The van der Waals surface area contributed by atoms with E-state index in [-0.39, 0.29) is 11.8 Å². The molecule has 0 aliphatic rings. The Balaban J connectivity index is 1.65. The van der Waals surface area contributed by atoms with Gasteiger partial charge >= 0.3 is 6.61 Å². The molecule has 3 aromatic rings. The van der Waals surface area contributed by atoms with Crippen molar-refractivity contribution in [1.82, 2.24) is 19.7 Å². The van der Waals surface area contributed by atoms with Crippen LogP contribution in [0.2, 0.25) is 0 Å². The first kappa shape index (κ1) is 15.9. The highest BCUT2D eigenvalue weighted by Crippen LogP contribution is 2.21. The van der Waals surface area contributed by atoms with Crippen LogP contribution in [0.1, 0.15) is 18.5 Å². The second-order valence-electron chi connectivity index (χ2n) is 5.06. The predicted octanol–water partition coefficient (Wildman–Crippen LogP) is 3.44. The first-order valence-electron chi connectivity index (χ1n) is 7.24. The predicted molar refractivity (Wildman–Crippen MR) is 84.3 cm³/mol. The lowest BCUT2D eigenvalue weighted by atomic mass is 10.1. The molecule has 1 N–H and O–H groups in total. The fraction of sp³-hybridized carbons (Fsp3) is 0.188. The topological polar surface area (TPSA) is 64.9 Å². The van der Waals surface area contributed by atoms with E-state index in [4.69, 9.17) is 0 Å². The molecule has 0 amide bonds. The Morgan fingerprint density at radius 3 is 2.50 bits per heavy atom. The molecule has 0 bridgehead atoms. The van der Waals surface area contributed by atoms with Gasteiger partial charge in [-0.3, -0.25) is 0 Å². The average Bonchev–Trinajstić information content (AvgIpc) is 3.11. The van der Waals surface area contributed by atoms with Crippen molar-refractivity contribution in [1.29, 1.82) is 0 Å². The number of nitrogens with zero attached hydrogens (tertiary/aromatic N) is 4. The summed E-state index contributed by atoms with van der Waals surface area (Å²) in [6.45, 7) is -0.872. The van der Waals surface area contributed by atoms with Gasteiger partial charge < -0.3 is 10.1 Å². The molecule has 2 aromatic heterocycles. The van der Waals surface area contributed by atoms with Gasteiger partial charge in [-0.2, -0.15) is 13.9 Å². The molecule has 124 valence electrons. The minimum Gasteiger partial charge on any atom is -0.433 e. The molecule has 0 spiro atoms. The van der Waals surface area contributed by atoms with Crippen LogP contribution < -0.4 is 10.1 Å². The number of halogens is 2. The molecule has 3 rings (SSSR count). The number of ether oxygens (including phenoxy) is 1. The van der Waals surface area contributed by atoms with Gasteiger partial charge in [-0.05, 0) is 36.8 Å². The molecule has 8 heteroatoms. The largest absolute Gasteiger partial charge is 0.433 e. The van der Waals surface area contributed by atoms with Gasteiger partial charge in [-0.25, -0.2) is 14.6 Å². The Kier molecular flexibility index (Phi) is 4.64. The lowest BCUT2D eigenvalue weighted by Gasteiger charge is -2.15. The highest BCUT2D eigenvalue weighted by atomic mass is 19.3. The lowest BCUT2D eigenvalue weighted by Crippen LogP contribution is -2.08. The summed E-state index contributed by atoms with van der Waals surface area (Å²) >= 11 is 0. The van der Waals surface area contributed by atoms with E-state index in [9.17, 15) is 8.78 Å². The SMILES string of the molecule is CC(Nc1ccc(OC(F)F)cn1)c1ccc(-n2cncn2)cc1. The standard InChI is InChI=1S/C16H15F2N5O/c1-11(22-15-7-6-14(8-20-15)24-16(17)18)12-2-4-13(5-3-12)23-10-19-9-21-23/h2-11,16H,1H3,(H,20,22). The van der Waals surface area contributed by atoms with Crippen molar-refractivity contribution >= 4 is 5.82 Å². The van der Waals surface area contributed by atoms with E-state index >= 15 is 0 Å². The van der Waals surface area contributed by atoms with Crippen LogP contribution in [0.3, 0.4) is 0 Å². The van der Waals surface area contributed by atoms with Crippen molar-refractivity contribution in [2.45, 2.75) is 19.6 Å². The maximum atomic E-state index is 12.1. The first-order valence-corrected chi connectivity index (χ1v) is 7.24. The summed E-state index contributed by atoms with van der Waals surface area (Å²) in [7, 11) is 0. The molecule has 6 nitrogen and oxygen atoms in total. The van der Waals surface area contributed by atoms with Gasteiger partial charge in [0, 0.05) is 6.04 Å². The Bertz CT molecular complexity index is 760. The van der Waals surface area contributed by atoms with Crippen molar-refractivity contribution in [3.8, 4) is 11.4 Å². The Labute approximate surface area is 137 Å². The van der Waals surface area contributed by atoms with Crippen molar-refractivity contribution < 1.29 is 13.5 Å². The number of hydrogen-bond donors (Lipinski definition) is 1. The van der Waals surface area contributed by atoms with E-state index in [1.165, 1.54) is 18.6 Å². The molecular formula is C16H15F2N5O. The molecule has 24 heavy (non-hydrogen) atoms. The van der Waals surface area contributed by atoms with Gasteiger partial charge in [-0.1, -0.05) is 12.1 Å². The Hall–Kier alpha value is -3.03. The van der Waals surface area contributed by atoms with Crippen molar-refractivity contribution in [2.75, 3.05) is 5.32 Å². The lowest BCUT2D eigenvalue weighted by molar-refractivity contribution is -0.0500. The molecular weight excluding hydrogens is 316 g/mol. The zero-order valence-corrected chi connectivity index (χ0v) is 12.8. The van der Waals surface area contributed by atoms with Crippen molar-refractivity contribution in [2.24, 2.45) is 0 Å². The van der Waals surface area contributed by atoms with Crippen LogP contribution in [-0.2, 0) is 0 Å². The molecule has 2 heterocycles. The molecule has 0 saturated carbocycles. The molecule has 0 aliphatic carbocycles. The number of pyridine rings is 1. The third kappa shape index (κ3) is 3.83. The zero-order chi connectivity index (χ0) is 16.9. The first-order chi connectivity index (χ1) is 11.6. The summed E-state index contributed by atoms with van der Waals surface area (Å²) in [6, 6.07) is 10.9. The van der Waals surface area contributed by atoms with Crippen LogP contribution in [0.15, 0.2) is 55.2 Å². The number of benzene rings is 1. The summed E-state index contributed by atoms with van der Waals surface area (Å²) in [6.07, 6.45) is 4.36. The summed E-state index contributed by atoms with van der Waals surface area (Å²) < 4.78 is 30.2. The van der Waals surface area contributed by atoms with E-state index in [0.29, 0.717) is 5.82 Å². The maximum absolute atomic E-state index is 12.1. The van der Waals surface area contributed by atoms with Crippen LogP contribution in [0, 0.1) is 0 Å². The minimum atomic E-state index is -2.85. The highest BCUT2D eigenvalue weighted by Gasteiger charge is 2.08. The quantitative estimate of drug-likeness (QED) is 0.749. The van der Waals surface area contributed by atoms with Gasteiger partial charge in [0.25, 0.3) is 0 Å². The maximum Gasteiger partial charge on any atom is 0.387 e. The zero-order valence-electron chi connectivity index (χ0n) is 12.8. The summed E-state index contributed by atoms with van der Waals surface area (Å²) in [5.74, 6) is 0.602. The van der Waals surface area contributed by atoms with Crippen molar-refractivity contribution in [3.63, 3.8) is 0 Å². The fourth-order valence-corrected chi connectivity index (χ4v) is 2.20. The van der Waals surface area contributed by atoms with E-state index in [1.54, 1.807) is 17.1 Å². The van der Waals surface area contributed by atoms with Crippen LogP contribution in [0.4, 0.5) is 14.6 Å². The molecule has 0 radical (unpaired) electrons. The summed E-state index contributed by atoms with van der Waals surface area (Å²) in [4.78, 5) is 7.97. The number of alkyl halides is 2. The number of aromatic nitrogens is 4. The number of anilines is 1. The number of nitrogens with one attached hydrogen (secondary N) is 1. The van der Waals surface area contributed by atoms with E-state index in [0.717, 1.165) is 11.3 Å². The van der Waals surface area contributed by atoms with Gasteiger partial charge in [0.2, 0.25) is 0 Å². The molecule has 1 unspecified atom stereocenters. The second-order valence-corrected chi connectivity index (χ2v) is 5.06. The molecule has 0 saturated heterocycles. The Morgan fingerprint density at radius 1 is 1.12 bits per heavy atom. The van der Waals surface area contributed by atoms with Crippen LogP contribution in [-0.4, -0.2) is 26.4 Å². The van der Waals surface area contributed by atoms with Gasteiger partial charge in [0.05, 0.1) is 11.9 Å². The summed E-state index contributed by atoms with van der Waals surface area (Å²) in [5.41, 5.74) is 1.96. The fourth-order valence-electron chi connectivity index (χ4n) is 2.20. The van der Waals surface area contributed by atoms with Gasteiger partial charge in [0.1, 0.15) is 24.2 Å². The summed E-state index contributed by atoms with van der Waals surface area (Å²) in [5, 5.41) is 7.28. The van der Waals surface area contributed by atoms with Gasteiger partial charge in [-0.15, -0.1) is 0 Å². The van der Waals surface area contributed by atoms with E-state index in [1.807, 2.05) is 31.2 Å². The monoisotopic (exact) mass is 331 g/mol.